The molecule has 6 heteroatoms. The van der Waals surface area contributed by atoms with Crippen LogP contribution in [-0.4, -0.2) is 40.8 Å². The quantitative estimate of drug-likeness (QED) is 0.916. The number of hydrogen-bond donors (Lipinski definition) is 1. The summed E-state index contributed by atoms with van der Waals surface area (Å²) in [4.78, 5) is 31.0. The molecule has 2 saturated heterocycles. The third kappa shape index (κ3) is 2.38. The van der Waals surface area contributed by atoms with Crippen LogP contribution in [0.2, 0.25) is 0 Å². The second-order valence-corrected chi connectivity index (χ2v) is 6.36. The number of likely N-dealkylation sites (tertiary alicyclic amines) is 1. The first-order chi connectivity index (χ1) is 11.6. The third-order valence-electron chi connectivity index (χ3n) is 4.87. The van der Waals surface area contributed by atoms with E-state index in [4.69, 9.17) is 4.42 Å². The van der Waals surface area contributed by atoms with Crippen LogP contribution in [0.25, 0.3) is 11.5 Å². The summed E-state index contributed by atoms with van der Waals surface area (Å²) in [7, 11) is 0. The Labute approximate surface area is 139 Å². The molecule has 0 aliphatic carbocycles. The highest BCUT2D eigenvalue weighted by molar-refractivity contribution is 5.94. The molecule has 0 unspecified atom stereocenters. The van der Waals surface area contributed by atoms with Crippen molar-refractivity contribution in [1.82, 2.24) is 15.2 Å². The molecule has 4 rings (SSSR count). The highest BCUT2D eigenvalue weighted by atomic mass is 16.4. The summed E-state index contributed by atoms with van der Waals surface area (Å²) in [6.07, 6.45) is 1.67. The van der Waals surface area contributed by atoms with Crippen molar-refractivity contribution in [2.45, 2.75) is 25.8 Å². The number of rotatable bonds is 2. The number of benzene rings is 1. The second-order valence-electron chi connectivity index (χ2n) is 6.36. The normalized spacial score (nSPS) is 23.0. The molecule has 1 aromatic carbocycles. The molecule has 2 amide bonds. The van der Waals surface area contributed by atoms with Gasteiger partial charge in [0.15, 0.2) is 0 Å². The van der Waals surface area contributed by atoms with E-state index in [1.165, 1.54) is 0 Å². The maximum Gasteiger partial charge on any atom is 0.291 e. The summed E-state index contributed by atoms with van der Waals surface area (Å²) in [6.45, 7) is 2.95. The van der Waals surface area contributed by atoms with Crippen LogP contribution in [-0.2, 0) is 4.79 Å². The average molecular weight is 325 g/mol. The monoisotopic (exact) mass is 325 g/mol. The van der Waals surface area contributed by atoms with Crippen LogP contribution in [0.15, 0.2) is 34.7 Å². The first-order valence-electron chi connectivity index (χ1n) is 8.26. The lowest BCUT2D eigenvalue weighted by atomic mass is 9.91. The largest absolute Gasteiger partial charge is 0.431 e. The number of nitrogens with one attached hydrogen (secondary N) is 1. The Kier molecular flexibility index (Phi) is 3.59. The van der Waals surface area contributed by atoms with Crippen molar-refractivity contribution >= 4 is 11.8 Å². The number of hydrogen-bond acceptors (Lipinski definition) is 4. The molecule has 3 heterocycles. The SMILES string of the molecule is Cc1nc(-c2ccccc2)oc1C(=O)N1CCC[C@H]2C(=O)NC[C@@H]21. The second kappa shape index (κ2) is 5.78. The fraction of sp³-hybridized carbons (Fsp3) is 0.389. The first kappa shape index (κ1) is 14.9. The van der Waals surface area contributed by atoms with Gasteiger partial charge in [-0.2, -0.15) is 0 Å². The summed E-state index contributed by atoms with van der Waals surface area (Å²) >= 11 is 0. The maximum absolute atomic E-state index is 13.0. The molecular formula is C18H19N3O3. The Morgan fingerprint density at radius 1 is 1.33 bits per heavy atom. The van der Waals surface area contributed by atoms with E-state index < -0.39 is 0 Å². The zero-order valence-electron chi connectivity index (χ0n) is 13.5. The Hall–Kier alpha value is -2.63. The van der Waals surface area contributed by atoms with Gasteiger partial charge in [-0.25, -0.2) is 4.98 Å². The van der Waals surface area contributed by atoms with Crippen molar-refractivity contribution in [2.75, 3.05) is 13.1 Å². The van der Waals surface area contributed by atoms with Crippen molar-refractivity contribution in [3.05, 3.63) is 41.8 Å². The number of fused-ring (bicyclic) bond motifs is 1. The molecule has 2 atom stereocenters. The summed E-state index contributed by atoms with van der Waals surface area (Å²) in [5.74, 6) is 0.504. The molecule has 2 aromatic rings. The van der Waals surface area contributed by atoms with Crippen molar-refractivity contribution in [2.24, 2.45) is 5.92 Å². The minimum Gasteiger partial charge on any atom is -0.431 e. The van der Waals surface area contributed by atoms with Crippen LogP contribution in [0.4, 0.5) is 0 Å². The predicted molar refractivity (Wildman–Crippen MR) is 87.2 cm³/mol. The summed E-state index contributed by atoms with van der Waals surface area (Å²) in [6, 6.07) is 9.45. The smallest absolute Gasteiger partial charge is 0.291 e. The van der Waals surface area contributed by atoms with Gasteiger partial charge >= 0.3 is 0 Å². The predicted octanol–water partition coefficient (Wildman–Crippen LogP) is 2.00. The van der Waals surface area contributed by atoms with Gasteiger partial charge in [-0.15, -0.1) is 0 Å². The lowest BCUT2D eigenvalue weighted by Gasteiger charge is -2.35. The van der Waals surface area contributed by atoms with E-state index in [1.54, 1.807) is 11.8 Å². The molecule has 0 saturated carbocycles. The summed E-state index contributed by atoms with van der Waals surface area (Å²) in [5, 5.41) is 2.86. The van der Waals surface area contributed by atoms with Crippen molar-refractivity contribution in [3.63, 3.8) is 0 Å². The molecule has 1 N–H and O–H groups in total. The molecule has 0 radical (unpaired) electrons. The van der Waals surface area contributed by atoms with Crippen molar-refractivity contribution in [1.29, 1.82) is 0 Å². The van der Waals surface area contributed by atoms with Gasteiger partial charge in [-0.3, -0.25) is 9.59 Å². The highest BCUT2D eigenvalue weighted by Gasteiger charge is 2.43. The molecule has 0 bridgehead atoms. The number of carbonyl (C=O) groups excluding carboxylic acids is 2. The molecule has 6 nitrogen and oxygen atoms in total. The molecule has 24 heavy (non-hydrogen) atoms. The van der Waals surface area contributed by atoms with Gasteiger partial charge in [0.1, 0.15) is 0 Å². The summed E-state index contributed by atoms with van der Waals surface area (Å²) < 4.78 is 5.78. The lowest BCUT2D eigenvalue weighted by Crippen LogP contribution is -2.48. The Balaban J connectivity index is 1.63. The highest BCUT2D eigenvalue weighted by Crippen LogP contribution is 2.30. The minimum absolute atomic E-state index is 0.0526. The molecule has 2 aliphatic rings. The van der Waals surface area contributed by atoms with E-state index in [9.17, 15) is 9.59 Å². The zero-order valence-corrected chi connectivity index (χ0v) is 13.5. The van der Waals surface area contributed by atoms with Gasteiger partial charge in [0, 0.05) is 18.7 Å². The number of amides is 2. The van der Waals surface area contributed by atoms with E-state index in [0.717, 1.165) is 18.4 Å². The molecule has 124 valence electrons. The molecule has 1 aromatic heterocycles. The zero-order chi connectivity index (χ0) is 16.7. The number of nitrogens with zero attached hydrogens (tertiary/aromatic N) is 2. The topological polar surface area (TPSA) is 75.4 Å². The van der Waals surface area contributed by atoms with Crippen molar-refractivity contribution in [3.8, 4) is 11.5 Å². The first-order valence-corrected chi connectivity index (χ1v) is 8.26. The van der Waals surface area contributed by atoms with Crippen LogP contribution >= 0.6 is 0 Å². The Bertz CT molecular complexity index is 784. The van der Waals surface area contributed by atoms with Gasteiger partial charge in [-0.1, -0.05) is 18.2 Å². The fourth-order valence-electron chi connectivity index (χ4n) is 3.63. The number of carbonyl (C=O) groups is 2. The summed E-state index contributed by atoms with van der Waals surface area (Å²) in [5.41, 5.74) is 1.42. The van der Waals surface area contributed by atoms with Gasteiger partial charge in [0.25, 0.3) is 5.91 Å². The van der Waals surface area contributed by atoms with Crippen LogP contribution in [0, 0.1) is 12.8 Å². The number of oxazole rings is 1. The molecule has 2 fully saturated rings. The van der Waals surface area contributed by atoms with Crippen molar-refractivity contribution < 1.29 is 14.0 Å². The van der Waals surface area contributed by atoms with Gasteiger partial charge in [0.05, 0.1) is 17.7 Å². The van der Waals surface area contributed by atoms with Crippen LogP contribution in [0.5, 0.6) is 0 Å². The van der Waals surface area contributed by atoms with E-state index in [1.807, 2.05) is 30.3 Å². The molecular weight excluding hydrogens is 306 g/mol. The molecule has 2 aliphatic heterocycles. The number of aryl methyl sites for hydroxylation is 1. The number of piperidine rings is 1. The maximum atomic E-state index is 13.0. The van der Waals surface area contributed by atoms with E-state index in [2.05, 4.69) is 10.3 Å². The van der Waals surface area contributed by atoms with Crippen LogP contribution in [0.1, 0.15) is 29.1 Å². The van der Waals surface area contributed by atoms with Gasteiger partial charge < -0.3 is 14.6 Å². The Morgan fingerprint density at radius 3 is 2.92 bits per heavy atom. The fourth-order valence-corrected chi connectivity index (χ4v) is 3.63. The van der Waals surface area contributed by atoms with E-state index >= 15 is 0 Å². The van der Waals surface area contributed by atoms with Gasteiger partial charge in [0.2, 0.25) is 17.6 Å². The Morgan fingerprint density at radius 2 is 2.12 bits per heavy atom. The van der Waals surface area contributed by atoms with Gasteiger partial charge in [-0.05, 0) is 31.9 Å². The third-order valence-corrected chi connectivity index (χ3v) is 4.87. The standard InChI is InChI=1S/C18H19N3O3/c1-11-15(24-17(20-11)12-6-3-2-4-7-12)18(23)21-9-5-8-13-14(21)10-19-16(13)22/h2-4,6-7,13-14H,5,8-10H2,1H3,(H,19,22)/t13-,14+/m1/s1. The lowest BCUT2D eigenvalue weighted by molar-refractivity contribution is -0.123. The minimum atomic E-state index is -0.173. The van der Waals surface area contributed by atoms with Crippen LogP contribution < -0.4 is 5.32 Å². The number of aromatic nitrogens is 1. The molecule has 0 spiro atoms. The van der Waals surface area contributed by atoms with E-state index in [-0.39, 0.29) is 29.5 Å². The van der Waals surface area contributed by atoms with E-state index in [0.29, 0.717) is 24.7 Å². The average Bonchev–Trinajstić information content (AvgIpc) is 3.18. The van der Waals surface area contributed by atoms with Crippen LogP contribution in [0.3, 0.4) is 0 Å².